The molecule has 0 bridgehead atoms. The topological polar surface area (TPSA) is 75.7 Å². The first-order chi connectivity index (χ1) is 11.6. The molecule has 3 rings (SSSR count). The van der Waals surface area contributed by atoms with Crippen LogP contribution in [0.2, 0.25) is 0 Å². The minimum atomic E-state index is -0.0809. The van der Waals surface area contributed by atoms with Crippen LogP contribution in [0.1, 0.15) is 17.1 Å². The van der Waals surface area contributed by atoms with Crippen LogP contribution in [-0.4, -0.2) is 48.0 Å². The Hall–Kier alpha value is -2.67. The van der Waals surface area contributed by atoms with Crippen molar-refractivity contribution in [2.45, 2.75) is 19.9 Å². The van der Waals surface area contributed by atoms with Gasteiger partial charge in [0.05, 0.1) is 25.3 Å². The van der Waals surface area contributed by atoms with Gasteiger partial charge in [-0.1, -0.05) is 6.07 Å². The van der Waals surface area contributed by atoms with Crippen molar-refractivity contribution in [3.05, 3.63) is 54.0 Å². The summed E-state index contributed by atoms with van der Waals surface area (Å²) < 4.78 is 3.81. The molecule has 0 aliphatic rings. The molecule has 0 aliphatic carbocycles. The predicted octanol–water partition coefficient (Wildman–Crippen LogP) is 0.940. The molecule has 0 saturated heterocycles. The monoisotopic (exact) mass is 327 g/mol. The van der Waals surface area contributed by atoms with E-state index in [-0.39, 0.29) is 25.5 Å². The van der Waals surface area contributed by atoms with Gasteiger partial charge in [0.1, 0.15) is 11.5 Å². The third-order valence-electron chi connectivity index (χ3n) is 4.12. The molecule has 1 amide bonds. The fourth-order valence-electron chi connectivity index (χ4n) is 2.73. The molecule has 3 heterocycles. The van der Waals surface area contributed by atoms with Crippen LogP contribution in [0.15, 0.2) is 36.9 Å². The van der Waals surface area contributed by atoms with Crippen LogP contribution < -0.4 is 0 Å². The second-order valence-corrected chi connectivity index (χ2v) is 5.80. The molecule has 0 unspecified atom stereocenters. The van der Waals surface area contributed by atoms with E-state index in [0.717, 1.165) is 22.7 Å². The molecule has 0 fully saturated rings. The first-order valence-electron chi connectivity index (χ1n) is 7.86. The summed E-state index contributed by atoms with van der Waals surface area (Å²) in [6.45, 7) is 2.57. The van der Waals surface area contributed by atoms with Gasteiger partial charge in [-0.15, -0.1) is 0 Å². The van der Waals surface area contributed by atoms with Crippen molar-refractivity contribution in [3.63, 3.8) is 0 Å². The maximum absolute atomic E-state index is 12.7. The van der Waals surface area contributed by atoms with Gasteiger partial charge in [-0.2, -0.15) is 0 Å². The van der Waals surface area contributed by atoms with Gasteiger partial charge in [0.2, 0.25) is 5.91 Å². The second-order valence-electron chi connectivity index (χ2n) is 5.80. The van der Waals surface area contributed by atoms with Crippen LogP contribution >= 0.6 is 0 Å². The average molecular weight is 327 g/mol. The fourth-order valence-corrected chi connectivity index (χ4v) is 2.73. The molecule has 7 nitrogen and oxygen atoms in total. The number of aryl methyl sites for hydroxylation is 2. The molecule has 0 radical (unpaired) electrons. The number of hydrogen-bond acceptors (Lipinski definition) is 4. The normalized spacial score (nSPS) is 11.1. The number of carbonyl (C=O) groups is 1. The first-order valence-corrected chi connectivity index (χ1v) is 7.86. The highest BCUT2D eigenvalue weighted by Gasteiger charge is 2.18. The second kappa shape index (κ2) is 6.84. The van der Waals surface area contributed by atoms with Crippen LogP contribution in [0, 0.1) is 6.92 Å². The Labute approximate surface area is 140 Å². The maximum atomic E-state index is 12.7. The SMILES string of the molecule is Cc1cccn2c(CC(=O)N(CCO)Cc3nccn3C)cnc12. The summed E-state index contributed by atoms with van der Waals surface area (Å²) >= 11 is 0. The molecule has 0 aliphatic heterocycles. The third kappa shape index (κ3) is 3.16. The number of fused-ring (bicyclic) bond motifs is 1. The van der Waals surface area contributed by atoms with E-state index in [1.165, 1.54) is 0 Å². The van der Waals surface area contributed by atoms with Gasteiger partial charge < -0.3 is 19.0 Å². The lowest BCUT2D eigenvalue weighted by Crippen LogP contribution is -2.35. The molecule has 1 N–H and O–H groups in total. The van der Waals surface area contributed by atoms with Gasteiger partial charge in [-0.05, 0) is 18.6 Å². The Morgan fingerprint density at radius 2 is 2.17 bits per heavy atom. The van der Waals surface area contributed by atoms with E-state index >= 15 is 0 Å². The number of imidazole rings is 2. The highest BCUT2D eigenvalue weighted by molar-refractivity contribution is 5.78. The third-order valence-corrected chi connectivity index (χ3v) is 4.12. The van der Waals surface area contributed by atoms with E-state index in [1.54, 1.807) is 17.3 Å². The zero-order chi connectivity index (χ0) is 17.1. The van der Waals surface area contributed by atoms with Crippen molar-refractivity contribution >= 4 is 11.6 Å². The summed E-state index contributed by atoms with van der Waals surface area (Å²) in [4.78, 5) is 23.0. The molecule has 0 atom stereocenters. The number of nitrogens with zero attached hydrogens (tertiary/aromatic N) is 5. The summed E-state index contributed by atoms with van der Waals surface area (Å²) in [5.74, 6) is 0.723. The summed E-state index contributed by atoms with van der Waals surface area (Å²) in [7, 11) is 1.89. The standard InChI is InChI=1S/C17H21N5O2/c1-13-4-3-6-22-14(11-19-17(13)22)10-16(24)21(8-9-23)12-15-18-5-7-20(15)2/h3-7,11,23H,8-10,12H2,1-2H3. The lowest BCUT2D eigenvalue weighted by molar-refractivity contribution is -0.131. The van der Waals surface area contributed by atoms with Crippen LogP contribution in [0.3, 0.4) is 0 Å². The Morgan fingerprint density at radius 1 is 1.33 bits per heavy atom. The van der Waals surface area contributed by atoms with Gasteiger partial charge >= 0.3 is 0 Å². The molecular formula is C17H21N5O2. The molecule has 7 heteroatoms. The highest BCUT2D eigenvalue weighted by Crippen LogP contribution is 2.13. The van der Waals surface area contributed by atoms with E-state index < -0.39 is 0 Å². The van der Waals surface area contributed by atoms with Gasteiger partial charge in [0.15, 0.2) is 0 Å². The first kappa shape index (κ1) is 16.2. The number of aromatic nitrogens is 4. The number of hydrogen-bond donors (Lipinski definition) is 1. The van der Waals surface area contributed by atoms with Crippen molar-refractivity contribution in [2.75, 3.05) is 13.2 Å². The summed E-state index contributed by atoms with van der Waals surface area (Å²) in [6.07, 6.45) is 7.41. The average Bonchev–Trinajstić information content (AvgIpc) is 3.15. The number of rotatable bonds is 6. The van der Waals surface area contributed by atoms with E-state index in [9.17, 15) is 9.90 Å². The summed E-state index contributed by atoms with van der Waals surface area (Å²) in [5, 5.41) is 9.28. The molecule has 24 heavy (non-hydrogen) atoms. The van der Waals surface area contributed by atoms with Crippen molar-refractivity contribution < 1.29 is 9.90 Å². The number of aliphatic hydroxyl groups is 1. The van der Waals surface area contributed by atoms with Gasteiger partial charge in [-0.3, -0.25) is 4.79 Å². The van der Waals surface area contributed by atoms with Crippen LogP contribution in [0.25, 0.3) is 5.65 Å². The van der Waals surface area contributed by atoms with Crippen LogP contribution in [0.5, 0.6) is 0 Å². The largest absolute Gasteiger partial charge is 0.395 e. The molecule has 3 aromatic rings. The van der Waals surface area contributed by atoms with Crippen LogP contribution in [-0.2, 0) is 24.8 Å². The quantitative estimate of drug-likeness (QED) is 0.731. The number of carbonyl (C=O) groups excluding carboxylic acids is 1. The molecule has 3 aromatic heterocycles. The lowest BCUT2D eigenvalue weighted by Gasteiger charge is -2.21. The minimum Gasteiger partial charge on any atom is -0.395 e. The van der Waals surface area contributed by atoms with Gasteiger partial charge in [-0.25, -0.2) is 9.97 Å². The summed E-state index contributed by atoms with van der Waals surface area (Å²) in [6, 6.07) is 3.93. The Bertz CT molecular complexity index is 852. The summed E-state index contributed by atoms with van der Waals surface area (Å²) in [5.41, 5.74) is 2.76. The Kier molecular flexibility index (Phi) is 4.61. The van der Waals surface area contributed by atoms with Crippen molar-refractivity contribution in [3.8, 4) is 0 Å². The zero-order valence-corrected chi connectivity index (χ0v) is 13.9. The fraction of sp³-hybridized carbons (Fsp3) is 0.353. The van der Waals surface area contributed by atoms with E-state index in [4.69, 9.17) is 0 Å². The molecule has 0 aromatic carbocycles. The Balaban J connectivity index is 1.80. The van der Waals surface area contributed by atoms with Gasteiger partial charge in [0, 0.05) is 38.4 Å². The van der Waals surface area contributed by atoms with E-state index in [2.05, 4.69) is 9.97 Å². The van der Waals surface area contributed by atoms with Crippen molar-refractivity contribution in [1.29, 1.82) is 0 Å². The number of pyridine rings is 1. The van der Waals surface area contributed by atoms with Crippen molar-refractivity contribution in [1.82, 2.24) is 23.8 Å². The molecule has 126 valence electrons. The van der Waals surface area contributed by atoms with Crippen LogP contribution in [0.4, 0.5) is 0 Å². The van der Waals surface area contributed by atoms with Gasteiger partial charge in [0.25, 0.3) is 0 Å². The highest BCUT2D eigenvalue weighted by atomic mass is 16.3. The smallest absolute Gasteiger partial charge is 0.229 e. The molecular weight excluding hydrogens is 306 g/mol. The minimum absolute atomic E-state index is 0.0599. The lowest BCUT2D eigenvalue weighted by atomic mass is 10.2. The number of aliphatic hydroxyl groups excluding tert-OH is 1. The molecule has 0 saturated carbocycles. The van der Waals surface area contributed by atoms with E-state index in [0.29, 0.717) is 6.54 Å². The van der Waals surface area contributed by atoms with E-state index in [1.807, 2.05) is 47.5 Å². The maximum Gasteiger partial charge on any atom is 0.229 e. The predicted molar refractivity (Wildman–Crippen MR) is 89.3 cm³/mol. The molecule has 0 spiro atoms. The van der Waals surface area contributed by atoms with Crippen molar-refractivity contribution in [2.24, 2.45) is 7.05 Å². The number of amides is 1. The Morgan fingerprint density at radius 3 is 2.88 bits per heavy atom. The zero-order valence-electron chi connectivity index (χ0n) is 13.9.